The smallest absolute Gasteiger partial charge is 0.113 e. The molecule has 0 saturated heterocycles. The molecule has 0 atom stereocenters. The summed E-state index contributed by atoms with van der Waals surface area (Å²) in [6.45, 7) is 0. The van der Waals surface area contributed by atoms with Gasteiger partial charge in [0, 0.05) is 6.20 Å². The largest absolute Gasteiger partial charge is 0.158 e. The Morgan fingerprint density at radius 2 is 2.12 bits per heavy atom. The van der Waals surface area contributed by atoms with Gasteiger partial charge in [-0.15, -0.1) is 5.11 Å². The Morgan fingerprint density at radius 3 is 3.12 bits per heavy atom. The average molecular weight is 105 g/mol. The molecule has 8 heavy (non-hydrogen) atoms. The Hall–Kier alpha value is -1.18. The molecule has 0 aromatic carbocycles. The highest BCUT2D eigenvalue weighted by molar-refractivity contribution is 5.09. The van der Waals surface area contributed by atoms with Crippen LogP contribution in [-0.4, -0.2) is 0 Å². The number of azo groups is 1. The van der Waals surface area contributed by atoms with Gasteiger partial charge in [0.25, 0.3) is 0 Å². The SMILES string of the molecule is [C]1=C\C=C/C=C\N=N/1. The molecule has 0 fully saturated rings. The van der Waals surface area contributed by atoms with Gasteiger partial charge in [0.1, 0.15) is 6.20 Å². The van der Waals surface area contributed by atoms with Crippen molar-refractivity contribution >= 4 is 0 Å². The highest BCUT2D eigenvalue weighted by Crippen LogP contribution is 1.87. The van der Waals surface area contributed by atoms with Crippen LogP contribution in [0.2, 0.25) is 0 Å². The van der Waals surface area contributed by atoms with Gasteiger partial charge in [-0.25, -0.2) is 0 Å². The Morgan fingerprint density at radius 1 is 1.12 bits per heavy atom. The molecule has 0 aliphatic carbocycles. The minimum absolute atomic E-state index is 1.61. The molecule has 1 aliphatic heterocycles. The molecule has 0 N–H and O–H groups in total. The Bertz CT molecular complexity index is 107. The molecule has 2 heteroatoms. The van der Waals surface area contributed by atoms with Crippen molar-refractivity contribution in [2.24, 2.45) is 10.2 Å². The first kappa shape index (κ1) is 4.97. The van der Waals surface area contributed by atoms with Crippen LogP contribution < -0.4 is 0 Å². The lowest BCUT2D eigenvalue weighted by Gasteiger charge is -1.75. The van der Waals surface area contributed by atoms with Crippen LogP contribution in [0.4, 0.5) is 0 Å². The van der Waals surface area contributed by atoms with Crippen molar-refractivity contribution in [2.45, 2.75) is 0 Å². The van der Waals surface area contributed by atoms with E-state index < -0.39 is 0 Å². The highest BCUT2D eigenvalue weighted by atomic mass is 15.1. The maximum atomic E-state index is 3.58. The van der Waals surface area contributed by atoms with E-state index in [9.17, 15) is 0 Å². The first-order chi connectivity index (χ1) is 4.00. The number of nitrogens with zero attached hydrogens (tertiary/aromatic N) is 2. The van der Waals surface area contributed by atoms with Gasteiger partial charge in [0.15, 0.2) is 0 Å². The standard InChI is InChI=1S/C6H5N2/c1-2-4-6-8-7-5-3-1/h1-5H/b2-1-,3-1?,4-2?,5-3-,6-4?,7-5?,8-6?,8-7-. The normalized spacial score (nSPS) is 32.0. The highest BCUT2D eigenvalue weighted by Gasteiger charge is 1.67. The van der Waals surface area contributed by atoms with Gasteiger partial charge in [0.05, 0.1) is 0 Å². The zero-order valence-corrected chi connectivity index (χ0v) is 4.28. The van der Waals surface area contributed by atoms with Crippen molar-refractivity contribution in [3.63, 3.8) is 0 Å². The van der Waals surface area contributed by atoms with Gasteiger partial charge in [-0.3, -0.25) is 0 Å². The molecule has 1 rings (SSSR count). The molecule has 0 saturated carbocycles. The summed E-state index contributed by atoms with van der Waals surface area (Å²) >= 11 is 0. The minimum atomic E-state index is 1.61. The van der Waals surface area contributed by atoms with Gasteiger partial charge in [-0.2, -0.15) is 5.11 Å². The summed E-state index contributed by atoms with van der Waals surface area (Å²) in [5.41, 5.74) is 0. The molecular formula is C6H5N2. The maximum absolute atomic E-state index is 3.58. The van der Waals surface area contributed by atoms with E-state index in [0.29, 0.717) is 0 Å². The lowest BCUT2D eigenvalue weighted by molar-refractivity contribution is 1.19. The number of allylic oxidation sites excluding steroid dienone is 4. The molecule has 39 valence electrons. The zero-order valence-electron chi connectivity index (χ0n) is 4.28. The van der Waals surface area contributed by atoms with Crippen molar-refractivity contribution in [3.8, 4) is 0 Å². The summed E-state index contributed by atoms with van der Waals surface area (Å²) in [5.74, 6) is 0. The summed E-state index contributed by atoms with van der Waals surface area (Å²) < 4.78 is 0. The van der Waals surface area contributed by atoms with Crippen LogP contribution in [0.1, 0.15) is 0 Å². The van der Waals surface area contributed by atoms with E-state index in [1.54, 1.807) is 18.4 Å². The first-order valence-corrected chi connectivity index (χ1v) is 2.30. The van der Waals surface area contributed by atoms with E-state index in [-0.39, 0.29) is 0 Å². The molecule has 1 heterocycles. The van der Waals surface area contributed by atoms with Crippen molar-refractivity contribution < 1.29 is 0 Å². The van der Waals surface area contributed by atoms with E-state index in [2.05, 4.69) is 16.4 Å². The van der Waals surface area contributed by atoms with Gasteiger partial charge in [0.2, 0.25) is 0 Å². The molecule has 0 amide bonds. The van der Waals surface area contributed by atoms with Crippen molar-refractivity contribution in [1.29, 1.82) is 0 Å². The summed E-state index contributed by atoms with van der Waals surface area (Å²) in [4.78, 5) is 0. The lowest BCUT2D eigenvalue weighted by atomic mass is 10.4. The average Bonchev–Trinajstić information content (AvgIpc) is 1.62. The number of rotatable bonds is 0. The van der Waals surface area contributed by atoms with Gasteiger partial charge < -0.3 is 0 Å². The van der Waals surface area contributed by atoms with Crippen molar-refractivity contribution in [2.75, 3.05) is 0 Å². The predicted molar refractivity (Wildman–Crippen MR) is 30.9 cm³/mol. The lowest BCUT2D eigenvalue weighted by Crippen LogP contribution is -1.55. The van der Waals surface area contributed by atoms with Crippen LogP contribution >= 0.6 is 0 Å². The molecule has 1 aliphatic rings. The molecule has 1 radical (unpaired) electrons. The number of hydrogen-bond donors (Lipinski definition) is 0. The predicted octanol–water partition coefficient (Wildman–Crippen LogP) is 1.84. The van der Waals surface area contributed by atoms with E-state index in [4.69, 9.17) is 0 Å². The second-order valence-corrected chi connectivity index (χ2v) is 1.24. The van der Waals surface area contributed by atoms with Gasteiger partial charge in [-0.05, 0) is 12.2 Å². The minimum Gasteiger partial charge on any atom is -0.158 e. The van der Waals surface area contributed by atoms with Crippen LogP contribution in [0.3, 0.4) is 0 Å². The molecule has 0 unspecified atom stereocenters. The third kappa shape index (κ3) is 1.51. The van der Waals surface area contributed by atoms with E-state index in [1.165, 1.54) is 0 Å². The summed E-state index contributed by atoms with van der Waals surface area (Å²) in [6.07, 6.45) is 11.4. The Kier molecular flexibility index (Phi) is 1.80. The molecule has 0 spiro atoms. The Labute approximate surface area is 47.9 Å². The molecule has 0 bridgehead atoms. The molecule has 0 aromatic heterocycles. The molecule has 2 nitrogen and oxygen atoms in total. The fourth-order valence-electron chi connectivity index (χ4n) is 0.351. The summed E-state index contributed by atoms with van der Waals surface area (Å²) in [6, 6.07) is 0. The van der Waals surface area contributed by atoms with Crippen LogP contribution in [0, 0.1) is 6.20 Å². The van der Waals surface area contributed by atoms with E-state index in [1.807, 2.05) is 12.2 Å². The van der Waals surface area contributed by atoms with Crippen LogP contribution in [0.25, 0.3) is 0 Å². The van der Waals surface area contributed by atoms with Crippen LogP contribution in [0.5, 0.6) is 0 Å². The quantitative estimate of drug-likeness (QED) is 0.449. The summed E-state index contributed by atoms with van der Waals surface area (Å²) in [5, 5.41) is 7.09. The summed E-state index contributed by atoms with van der Waals surface area (Å²) in [7, 11) is 0. The second kappa shape index (κ2) is 2.91. The van der Waals surface area contributed by atoms with Crippen molar-refractivity contribution in [3.05, 3.63) is 36.7 Å². The Balaban J connectivity index is 2.67. The molecular weight excluding hydrogens is 100 g/mol. The van der Waals surface area contributed by atoms with Crippen molar-refractivity contribution in [1.82, 2.24) is 0 Å². The second-order valence-electron chi connectivity index (χ2n) is 1.24. The monoisotopic (exact) mass is 105 g/mol. The fourth-order valence-corrected chi connectivity index (χ4v) is 0.351. The van der Waals surface area contributed by atoms with E-state index in [0.717, 1.165) is 0 Å². The van der Waals surface area contributed by atoms with E-state index >= 15 is 0 Å². The fraction of sp³-hybridized carbons (Fsp3) is 0. The third-order valence-corrected chi connectivity index (χ3v) is 0.661. The first-order valence-electron chi connectivity index (χ1n) is 2.30. The van der Waals surface area contributed by atoms with Gasteiger partial charge in [-0.1, -0.05) is 12.2 Å². The molecule has 0 aromatic rings. The third-order valence-electron chi connectivity index (χ3n) is 0.661. The van der Waals surface area contributed by atoms with Gasteiger partial charge >= 0.3 is 0 Å². The maximum Gasteiger partial charge on any atom is 0.113 e. The topological polar surface area (TPSA) is 24.7 Å². The van der Waals surface area contributed by atoms with Crippen LogP contribution in [0.15, 0.2) is 40.7 Å². The number of hydrogen-bond acceptors (Lipinski definition) is 2. The zero-order chi connectivity index (χ0) is 5.66. The van der Waals surface area contributed by atoms with Crippen LogP contribution in [-0.2, 0) is 0 Å².